The van der Waals surface area contributed by atoms with Crippen LogP contribution < -0.4 is 0 Å². The molecule has 0 spiro atoms. The van der Waals surface area contributed by atoms with Crippen molar-refractivity contribution < 1.29 is 14.7 Å². The van der Waals surface area contributed by atoms with Gasteiger partial charge in [0.25, 0.3) is 0 Å². The Hall–Kier alpha value is -1.06. The van der Waals surface area contributed by atoms with Crippen LogP contribution in [0.15, 0.2) is 0 Å². The molecule has 116 valence electrons. The summed E-state index contributed by atoms with van der Waals surface area (Å²) in [6, 6.07) is 0. The van der Waals surface area contributed by atoms with Crippen molar-refractivity contribution in [1.29, 1.82) is 0 Å². The van der Waals surface area contributed by atoms with Gasteiger partial charge in [-0.2, -0.15) is 0 Å². The van der Waals surface area contributed by atoms with Crippen LogP contribution in [0.4, 0.5) is 0 Å². The van der Waals surface area contributed by atoms with E-state index >= 15 is 0 Å². The van der Waals surface area contributed by atoms with Crippen molar-refractivity contribution >= 4 is 11.9 Å². The van der Waals surface area contributed by atoms with Crippen LogP contribution in [0.25, 0.3) is 0 Å². The molecular weight excluding hydrogens is 254 g/mol. The molecule has 1 N–H and O–H groups in total. The number of carboxylic acid groups (broad SMARTS) is 1. The Labute approximate surface area is 122 Å². The maximum atomic E-state index is 12.3. The minimum atomic E-state index is -0.921. The Morgan fingerprint density at radius 3 is 2.40 bits per heavy atom. The number of hydrogen-bond donors (Lipinski definition) is 1. The molecule has 0 radical (unpaired) electrons. The number of amides is 1. The number of carbonyl (C=O) groups excluding carboxylic acids is 1. The highest BCUT2D eigenvalue weighted by Gasteiger charge is 2.48. The number of carbonyl (C=O) groups is 2. The number of rotatable bonds is 9. The minimum absolute atomic E-state index is 0.0369. The van der Waals surface area contributed by atoms with E-state index in [-0.39, 0.29) is 5.91 Å². The van der Waals surface area contributed by atoms with Crippen molar-refractivity contribution in [1.82, 2.24) is 4.90 Å². The zero-order valence-electron chi connectivity index (χ0n) is 13.0. The lowest BCUT2D eigenvalue weighted by Gasteiger charge is -2.34. The molecule has 0 aromatic carbocycles. The quantitative estimate of drug-likeness (QED) is 0.658. The first kappa shape index (κ1) is 17.0. The summed E-state index contributed by atoms with van der Waals surface area (Å²) in [6.07, 6.45) is 8.83. The van der Waals surface area contributed by atoms with Crippen LogP contribution >= 0.6 is 0 Å². The number of hydrogen-bond acceptors (Lipinski definition) is 2. The molecule has 0 aromatic heterocycles. The fourth-order valence-corrected chi connectivity index (χ4v) is 3.26. The number of unbranched alkanes of at least 4 members (excludes halogenated alkanes) is 4. The first-order valence-corrected chi connectivity index (χ1v) is 8.12. The topological polar surface area (TPSA) is 57.6 Å². The maximum absolute atomic E-state index is 12.3. The van der Waals surface area contributed by atoms with Gasteiger partial charge in [-0.05, 0) is 25.7 Å². The summed E-state index contributed by atoms with van der Waals surface area (Å²) in [5.41, 5.74) is -0.921. The number of nitrogens with zero attached hydrogens (tertiary/aromatic N) is 1. The van der Waals surface area contributed by atoms with Gasteiger partial charge in [-0.1, -0.05) is 46.0 Å². The zero-order valence-corrected chi connectivity index (χ0v) is 13.0. The molecule has 1 aliphatic rings. The van der Waals surface area contributed by atoms with Crippen molar-refractivity contribution in [2.24, 2.45) is 0 Å². The summed E-state index contributed by atoms with van der Waals surface area (Å²) < 4.78 is 0. The molecule has 1 saturated heterocycles. The van der Waals surface area contributed by atoms with Crippen molar-refractivity contribution in [3.63, 3.8) is 0 Å². The van der Waals surface area contributed by atoms with Crippen LogP contribution in [0, 0.1) is 0 Å². The summed E-state index contributed by atoms with van der Waals surface area (Å²) in [7, 11) is 0. The smallest absolute Gasteiger partial charge is 0.329 e. The molecular formula is C16H29NO3. The molecule has 1 aliphatic heterocycles. The van der Waals surface area contributed by atoms with E-state index in [1.165, 1.54) is 19.3 Å². The summed E-state index contributed by atoms with van der Waals surface area (Å²) in [4.78, 5) is 25.6. The second-order valence-corrected chi connectivity index (χ2v) is 5.90. The maximum Gasteiger partial charge on any atom is 0.329 e. The standard InChI is InChI=1S/C16H29NO3/c1-3-5-6-7-8-10-14(18)17-13-9-12-16(17,11-4-2)15(19)20/h3-13H2,1-2H3,(H,19,20). The van der Waals surface area contributed by atoms with Gasteiger partial charge in [-0.15, -0.1) is 0 Å². The Kier molecular flexibility index (Phi) is 7.03. The van der Waals surface area contributed by atoms with E-state index in [4.69, 9.17) is 0 Å². The van der Waals surface area contributed by atoms with E-state index in [9.17, 15) is 14.7 Å². The molecule has 1 rings (SSSR count). The number of carboxylic acids is 1. The van der Waals surface area contributed by atoms with Gasteiger partial charge >= 0.3 is 5.97 Å². The monoisotopic (exact) mass is 283 g/mol. The van der Waals surface area contributed by atoms with E-state index in [2.05, 4.69) is 6.92 Å². The fourth-order valence-electron chi connectivity index (χ4n) is 3.26. The molecule has 20 heavy (non-hydrogen) atoms. The molecule has 0 aliphatic carbocycles. The van der Waals surface area contributed by atoms with Crippen LogP contribution in [0.2, 0.25) is 0 Å². The lowest BCUT2D eigenvalue weighted by Crippen LogP contribution is -2.53. The van der Waals surface area contributed by atoms with E-state index in [1.54, 1.807) is 4.90 Å². The Morgan fingerprint density at radius 2 is 1.80 bits per heavy atom. The first-order valence-electron chi connectivity index (χ1n) is 8.12. The predicted molar refractivity (Wildman–Crippen MR) is 79.6 cm³/mol. The molecule has 0 aromatic rings. The molecule has 1 fully saturated rings. The van der Waals surface area contributed by atoms with Gasteiger partial charge in [0.15, 0.2) is 0 Å². The molecule has 1 unspecified atom stereocenters. The molecule has 0 bridgehead atoms. The van der Waals surface area contributed by atoms with E-state index in [0.29, 0.717) is 25.8 Å². The van der Waals surface area contributed by atoms with Crippen molar-refractivity contribution in [3.05, 3.63) is 0 Å². The molecule has 4 heteroatoms. The number of likely N-dealkylation sites (tertiary alicyclic amines) is 1. The van der Waals surface area contributed by atoms with E-state index < -0.39 is 11.5 Å². The van der Waals surface area contributed by atoms with Crippen molar-refractivity contribution in [2.75, 3.05) is 6.54 Å². The van der Waals surface area contributed by atoms with Crippen LogP contribution in [0.3, 0.4) is 0 Å². The summed E-state index contributed by atoms with van der Waals surface area (Å²) in [5, 5.41) is 9.56. The normalized spacial score (nSPS) is 22.2. The number of aliphatic carboxylic acids is 1. The highest BCUT2D eigenvalue weighted by Crippen LogP contribution is 2.34. The second kappa shape index (κ2) is 8.28. The average molecular weight is 283 g/mol. The Morgan fingerprint density at radius 1 is 1.10 bits per heavy atom. The highest BCUT2D eigenvalue weighted by molar-refractivity contribution is 5.87. The Bertz CT molecular complexity index is 330. The van der Waals surface area contributed by atoms with Gasteiger partial charge in [0.05, 0.1) is 0 Å². The van der Waals surface area contributed by atoms with E-state index in [0.717, 1.165) is 25.7 Å². The van der Waals surface area contributed by atoms with E-state index in [1.807, 2.05) is 6.92 Å². The van der Waals surface area contributed by atoms with Crippen LogP contribution in [0.1, 0.15) is 78.1 Å². The summed E-state index contributed by atoms with van der Waals surface area (Å²) >= 11 is 0. The lowest BCUT2D eigenvalue weighted by molar-refractivity contribution is -0.157. The Balaban J connectivity index is 2.54. The van der Waals surface area contributed by atoms with Crippen LogP contribution in [-0.4, -0.2) is 34.0 Å². The SMILES string of the molecule is CCCCCCCC(=O)N1CCCC1(CCC)C(=O)O. The lowest BCUT2D eigenvalue weighted by atomic mass is 9.90. The highest BCUT2D eigenvalue weighted by atomic mass is 16.4. The third-order valence-electron chi connectivity index (χ3n) is 4.35. The van der Waals surface area contributed by atoms with Gasteiger partial charge in [0, 0.05) is 13.0 Å². The largest absolute Gasteiger partial charge is 0.479 e. The van der Waals surface area contributed by atoms with Crippen molar-refractivity contribution in [3.8, 4) is 0 Å². The fraction of sp³-hybridized carbons (Fsp3) is 0.875. The van der Waals surface area contributed by atoms with Crippen molar-refractivity contribution in [2.45, 2.75) is 83.6 Å². The van der Waals surface area contributed by atoms with Gasteiger partial charge in [-0.25, -0.2) is 4.79 Å². The molecule has 1 amide bonds. The van der Waals surface area contributed by atoms with Gasteiger partial charge in [0.2, 0.25) is 5.91 Å². The average Bonchev–Trinajstić information content (AvgIpc) is 2.84. The summed E-state index contributed by atoms with van der Waals surface area (Å²) in [6.45, 7) is 4.76. The molecule has 4 nitrogen and oxygen atoms in total. The van der Waals surface area contributed by atoms with Gasteiger partial charge < -0.3 is 10.0 Å². The second-order valence-electron chi connectivity index (χ2n) is 5.90. The third kappa shape index (κ3) is 3.97. The zero-order chi connectivity index (χ0) is 15.0. The first-order chi connectivity index (χ1) is 9.58. The summed E-state index contributed by atoms with van der Waals surface area (Å²) in [5.74, 6) is -0.786. The minimum Gasteiger partial charge on any atom is -0.479 e. The van der Waals surface area contributed by atoms with Gasteiger partial charge in [0.1, 0.15) is 5.54 Å². The van der Waals surface area contributed by atoms with Gasteiger partial charge in [-0.3, -0.25) is 4.79 Å². The third-order valence-corrected chi connectivity index (χ3v) is 4.35. The van der Waals surface area contributed by atoms with Crippen LogP contribution in [0.5, 0.6) is 0 Å². The molecule has 1 atom stereocenters. The predicted octanol–water partition coefficient (Wildman–Crippen LogP) is 3.59. The molecule has 0 saturated carbocycles. The van der Waals surface area contributed by atoms with Crippen LogP contribution in [-0.2, 0) is 9.59 Å². The molecule has 1 heterocycles.